The third-order valence-corrected chi connectivity index (χ3v) is 2.05. The van der Waals surface area contributed by atoms with Crippen molar-refractivity contribution >= 4 is 22.6 Å². The van der Waals surface area contributed by atoms with E-state index >= 15 is 0 Å². The number of hydrogen-bond acceptors (Lipinski definition) is 2. The quantitative estimate of drug-likeness (QED) is 0.419. The van der Waals surface area contributed by atoms with E-state index in [2.05, 4.69) is 10.0 Å². The Kier molecular flexibility index (Phi) is 2.31. The van der Waals surface area contributed by atoms with Crippen LogP contribution in [0.15, 0.2) is 33.8 Å². The molecule has 1 aromatic heterocycles. The van der Waals surface area contributed by atoms with E-state index in [4.69, 9.17) is 21.5 Å². The number of halogens is 1. The van der Waals surface area contributed by atoms with Crippen LogP contribution >= 0.6 is 11.6 Å². The van der Waals surface area contributed by atoms with Crippen molar-refractivity contribution in [3.63, 3.8) is 0 Å². The average Bonchev–Trinajstić information content (AvgIpc) is 2.56. The van der Waals surface area contributed by atoms with Gasteiger partial charge in [-0.2, -0.15) is 0 Å². The van der Waals surface area contributed by atoms with Gasteiger partial charge < -0.3 is 4.42 Å². The zero-order valence-corrected chi connectivity index (χ0v) is 7.90. The van der Waals surface area contributed by atoms with Gasteiger partial charge in [0.15, 0.2) is 0 Å². The van der Waals surface area contributed by atoms with Gasteiger partial charge >= 0.3 is 0 Å². The Balaban J connectivity index is 2.45. The van der Waals surface area contributed by atoms with Gasteiger partial charge in [0.2, 0.25) is 0 Å². The van der Waals surface area contributed by atoms with Crippen molar-refractivity contribution in [3.8, 4) is 0 Å². The Hall–Kier alpha value is -1.64. The lowest BCUT2D eigenvalue weighted by atomic mass is 10.2. The molecule has 2 rings (SSSR count). The Morgan fingerprint density at radius 1 is 1.43 bits per heavy atom. The molecule has 0 spiro atoms. The van der Waals surface area contributed by atoms with Crippen molar-refractivity contribution in [1.82, 2.24) is 0 Å². The average molecular weight is 208 g/mol. The molecule has 0 fully saturated rings. The molecule has 5 heteroatoms. The Morgan fingerprint density at radius 2 is 2.29 bits per heavy atom. The smallest absolute Gasteiger partial charge is 0.134 e. The monoisotopic (exact) mass is 207 g/mol. The van der Waals surface area contributed by atoms with E-state index in [9.17, 15) is 0 Å². The van der Waals surface area contributed by atoms with Crippen LogP contribution < -0.4 is 0 Å². The van der Waals surface area contributed by atoms with Crippen molar-refractivity contribution in [3.05, 3.63) is 45.5 Å². The molecule has 0 saturated heterocycles. The highest BCUT2D eigenvalue weighted by Gasteiger charge is 2.02. The lowest BCUT2D eigenvalue weighted by molar-refractivity contribution is 0.552. The summed E-state index contributed by atoms with van der Waals surface area (Å²) in [6.07, 6.45) is 0. The largest absolute Gasteiger partial charge is 0.461 e. The molecule has 0 atom stereocenters. The first-order valence-electron chi connectivity index (χ1n) is 3.98. The number of azide groups is 1. The van der Waals surface area contributed by atoms with Gasteiger partial charge in [0, 0.05) is 15.3 Å². The summed E-state index contributed by atoms with van der Waals surface area (Å²) in [5, 5.41) is 4.99. The zero-order chi connectivity index (χ0) is 9.97. The first kappa shape index (κ1) is 8.94. The summed E-state index contributed by atoms with van der Waals surface area (Å²) in [6, 6.07) is 7.16. The van der Waals surface area contributed by atoms with Gasteiger partial charge in [-0.15, -0.1) is 0 Å². The van der Waals surface area contributed by atoms with Crippen LogP contribution in [-0.2, 0) is 6.54 Å². The Labute approximate surface area is 84.7 Å². The molecule has 0 aliphatic rings. The van der Waals surface area contributed by atoms with Crippen LogP contribution in [0.1, 0.15) is 5.76 Å². The minimum Gasteiger partial charge on any atom is -0.461 e. The summed E-state index contributed by atoms with van der Waals surface area (Å²) in [7, 11) is 0. The van der Waals surface area contributed by atoms with Crippen LogP contribution in [0.4, 0.5) is 0 Å². The van der Waals surface area contributed by atoms with E-state index in [1.165, 1.54) is 0 Å². The molecule has 0 unspecified atom stereocenters. The SMILES string of the molecule is [N-]=[N+]=NCc1cc2cc(Cl)ccc2o1. The summed E-state index contributed by atoms with van der Waals surface area (Å²) in [6.45, 7) is 0.225. The maximum atomic E-state index is 8.14. The fourth-order valence-electron chi connectivity index (χ4n) is 1.25. The minimum absolute atomic E-state index is 0.225. The van der Waals surface area contributed by atoms with E-state index in [0.717, 1.165) is 11.0 Å². The van der Waals surface area contributed by atoms with Crippen molar-refractivity contribution in [2.75, 3.05) is 0 Å². The number of nitrogens with zero attached hydrogens (tertiary/aromatic N) is 3. The molecule has 0 bridgehead atoms. The van der Waals surface area contributed by atoms with Gasteiger partial charge in [0.1, 0.15) is 11.3 Å². The third-order valence-electron chi connectivity index (χ3n) is 1.82. The van der Waals surface area contributed by atoms with Crippen LogP contribution in [0, 0.1) is 0 Å². The zero-order valence-electron chi connectivity index (χ0n) is 7.14. The first-order chi connectivity index (χ1) is 6.79. The van der Waals surface area contributed by atoms with Crippen molar-refractivity contribution < 1.29 is 4.42 Å². The number of rotatable bonds is 2. The van der Waals surface area contributed by atoms with E-state index < -0.39 is 0 Å². The second kappa shape index (κ2) is 3.62. The second-order valence-electron chi connectivity index (χ2n) is 2.78. The van der Waals surface area contributed by atoms with Crippen LogP contribution in [0.25, 0.3) is 21.4 Å². The molecule has 0 radical (unpaired) electrons. The molecule has 1 aromatic carbocycles. The van der Waals surface area contributed by atoms with E-state index in [1.807, 2.05) is 6.07 Å². The Bertz CT molecular complexity index is 514. The van der Waals surface area contributed by atoms with Gasteiger partial charge in [-0.1, -0.05) is 16.7 Å². The third kappa shape index (κ3) is 1.66. The lowest BCUT2D eigenvalue weighted by Crippen LogP contribution is -1.69. The molecule has 0 aliphatic carbocycles. The molecular formula is C9H6ClN3O. The fourth-order valence-corrected chi connectivity index (χ4v) is 1.43. The summed E-state index contributed by atoms with van der Waals surface area (Å²) in [5.74, 6) is 0.639. The van der Waals surface area contributed by atoms with E-state index in [1.54, 1.807) is 18.2 Å². The van der Waals surface area contributed by atoms with E-state index in [-0.39, 0.29) is 6.54 Å². The molecule has 14 heavy (non-hydrogen) atoms. The predicted octanol–water partition coefficient (Wildman–Crippen LogP) is 3.90. The van der Waals surface area contributed by atoms with Gasteiger partial charge in [-0.3, -0.25) is 0 Å². The van der Waals surface area contributed by atoms with Crippen molar-refractivity contribution in [2.24, 2.45) is 5.11 Å². The molecule has 0 saturated carbocycles. The number of hydrogen-bond donors (Lipinski definition) is 0. The lowest BCUT2D eigenvalue weighted by Gasteiger charge is -1.87. The van der Waals surface area contributed by atoms with Crippen LogP contribution in [0.3, 0.4) is 0 Å². The molecule has 2 aromatic rings. The molecule has 0 amide bonds. The van der Waals surface area contributed by atoms with Gasteiger partial charge in [0.25, 0.3) is 0 Å². The molecule has 0 aliphatic heterocycles. The van der Waals surface area contributed by atoms with Crippen LogP contribution in [0.5, 0.6) is 0 Å². The molecule has 70 valence electrons. The molecule has 0 N–H and O–H groups in total. The predicted molar refractivity (Wildman–Crippen MR) is 54.1 cm³/mol. The second-order valence-corrected chi connectivity index (χ2v) is 3.22. The minimum atomic E-state index is 0.225. The fraction of sp³-hybridized carbons (Fsp3) is 0.111. The molecule has 4 nitrogen and oxygen atoms in total. The van der Waals surface area contributed by atoms with Crippen LogP contribution in [-0.4, -0.2) is 0 Å². The highest BCUT2D eigenvalue weighted by Crippen LogP contribution is 2.23. The van der Waals surface area contributed by atoms with Gasteiger partial charge in [-0.25, -0.2) is 0 Å². The van der Waals surface area contributed by atoms with E-state index in [0.29, 0.717) is 10.8 Å². The normalized spacial score (nSPS) is 10.1. The van der Waals surface area contributed by atoms with Gasteiger partial charge in [-0.05, 0) is 29.8 Å². The maximum absolute atomic E-state index is 8.14. The first-order valence-corrected chi connectivity index (χ1v) is 4.36. The van der Waals surface area contributed by atoms with Crippen molar-refractivity contribution in [2.45, 2.75) is 6.54 Å². The van der Waals surface area contributed by atoms with Crippen LogP contribution in [0.2, 0.25) is 5.02 Å². The highest BCUT2D eigenvalue weighted by atomic mass is 35.5. The van der Waals surface area contributed by atoms with Crippen molar-refractivity contribution in [1.29, 1.82) is 0 Å². The summed E-state index contributed by atoms with van der Waals surface area (Å²) in [4.78, 5) is 2.66. The molecular weight excluding hydrogens is 202 g/mol. The topological polar surface area (TPSA) is 61.9 Å². The number of furan rings is 1. The summed E-state index contributed by atoms with van der Waals surface area (Å²) < 4.78 is 5.40. The summed E-state index contributed by atoms with van der Waals surface area (Å²) in [5.41, 5.74) is 8.89. The maximum Gasteiger partial charge on any atom is 0.134 e. The highest BCUT2D eigenvalue weighted by molar-refractivity contribution is 6.31. The summed E-state index contributed by atoms with van der Waals surface area (Å²) >= 11 is 5.81. The Morgan fingerprint density at radius 3 is 3.07 bits per heavy atom. The standard InChI is InChI=1S/C9H6ClN3O/c10-7-1-2-9-6(3-7)4-8(14-9)5-12-13-11/h1-4H,5H2. The molecule has 1 heterocycles. The van der Waals surface area contributed by atoms with Gasteiger partial charge in [0.05, 0.1) is 6.54 Å². The number of fused-ring (bicyclic) bond motifs is 1. The number of benzene rings is 1.